The molecule has 0 bridgehead atoms. The van der Waals surface area contributed by atoms with E-state index in [9.17, 15) is 13.2 Å². The molecule has 0 aliphatic carbocycles. The van der Waals surface area contributed by atoms with Crippen LogP contribution in [0.2, 0.25) is 0 Å². The minimum Gasteiger partial charge on any atom is -0.339 e. The van der Waals surface area contributed by atoms with Gasteiger partial charge in [-0.05, 0) is 86.1 Å². The lowest BCUT2D eigenvalue weighted by Crippen LogP contribution is -2.38. The Morgan fingerprint density at radius 3 is 2.27 bits per heavy atom. The Morgan fingerprint density at radius 2 is 1.61 bits per heavy atom. The summed E-state index contributed by atoms with van der Waals surface area (Å²) in [5, 5.41) is 0. The van der Waals surface area contributed by atoms with Gasteiger partial charge in [-0.3, -0.25) is 9.52 Å². The molecule has 1 aliphatic heterocycles. The van der Waals surface area contributed by atoms with Crippen LogP contribution in [0.5, 0.6) is 0 Å². The van der Waals surface area contributed by atoms with Crippen molar-refractivity contribution in [2.75, 3.05) is 17.8 Å². The number of amides is 1. The number of nitrogens with one attached hydrogen (secondary N) is 1. The number of nitrogens with zero attached hydrogens (tertiary/aromatic N) is 1. The van der Waals surface area contributed by atoms with Gasteiger partial charge in [0.25, 0.3) is 15.9 Å². The first-order chi connectivity index (χ1) is 15.8. The summed E-state index contributed by atoms with van der Waals surface area (Å²) in [5.74, 6) is 0.593. The number of benzene rings is 3. The van der Waals surface area contributed by atoms with Gasteiger partial charge in [-0.1, -0.05) is 42.5 Å². The summed E-state index contributed by atoms with van der Waals surface area (Å²) >= 11 is 0. The van der Waals surface area contributed by atoms with Crippen LogP contribution in [-0.2, 0) is 16.4 Å². The highest BCUT2D eigenvalue weighted by atomic mass is 32.2. The highest BCUT2D eigenvalue weighted by molar-refractivity contribution is 7.92. The quantitative estimate of drug-likeness (QED) is 0.548. The first kappa shape index (κ1) is 23.1. The summed E-state index contributed by atoms with van der Waals surface area (Å²) in [6.07, 6.45) is 3.04. The maximum atomic E-state index is 13.0. The Morgan fingerprint density at radius 1 is 0.939 bits per heavy atom. The Hall–Kier alpha value is -3.12. The molecule has 33 heavy (non-hydrogen) atoms. The molecule has 1 saturated heterocycles. The highest BCUT2D eigenvalue weighted by Gasteiger charge is 2.24. The first-order valence-electron chi connectivity index (χ1n) is 11.4. The molecule has 6 heteroatoms. The average molecular weight is 463 g/mol. The fourth-order valence-electron chi connectivity index (χ4n) is 4.36. The zero-order chi connectivity index (χ0) is 23.4. The number of carbonyl (C=O) groups excluding carboxylic acids is 1. The van der Waals surface area contributed by atoms with Crippen LogP contribution in [0.15, 0.2) is 77.7 Å². The van der Waals surface area contributed by atoms with Crippen LogP contribution in [-0.4, -0.2) is 32.3 Å². The monoisotopic (exact) mass is 462 g/mol. The van der Waals surface area contributed by atoms with E-state index in [1.165, 1.54) is 5.56 Å². The third-order valence-electron chi connectivity index (χ3n) is 6.29. The second-order valence-corrected chi connectivity index (χ2v) is 10.5. The summed E-state index contributed by atoms with van der Waals surface area (Å²) < 4.78 is 28.3. The molecule has 172 valence electrons. The van der Waals surface area contributed by atoms with Crippen LogP contribution < -0.4 is 4.72 Å². The fourth-order valence-corrected chi connectivity index (χ4v) is 5.75. The lowest BCUT2D eigenvalue weighted by Gasteiger charge is -2.32. The van der Waals surface area contributed by atoms with E-state index in [2.05, 4.69) is 29.0 Å². The van der Waals surface area contributed by atoms with Gasteiger partial charge in [0.1, 0.15) is 0 Å². The maximum absolute atomic E-state index is 13.0. The molecule has 5 nitrogen and oxygen atoms in total. The van der Waals surface area contributed by atoms with Gasteiger partial charge in [0.05, 0.1) is 4.90 Å². The molecule has 0 saturated carbocycles. The van der Waals surface area contributed by atoms with Crippen molar-refractivity contribution in [2.45, 2.75) is 38.0 Å². The number of anilines is 1. The Kier molecular flexibility index (Phi) is 6.84. The van der Waals surface area contributed by atoms with Crippen LogP contribution in [0.4, 0.5) is 5.69 Å². The Labute approximate surface area is 196 Å². The number of hydrogen-bond acceptors (Lipinski definition) is 3. The standard InChI is InChI=1S/C27H30N2O3S/c1-20-8-9-21(2)26(18-20)33(31,32)28-25-12-10-24(11-13-25)27(30)29-16-14-23(15-17-29)19-22-6-4-3-5-7-22/h3-13,18,23,28H,14-17,19H2,1-2H3. The van der Waals surface area contributed by atoms with Crippen LogP contribution in [0.25, 0.3) is 0 Å². The zero-order valence-electron chi connectivity index (χ0n) is 19.1. The number of hydrogen-bond donors (Lipinski definition) is 1. The van der Waals surface area contributed by atoms with Crippen molar-refractivity contribution in [3.8, 4) is 0 Å². The zero-order valence-corrected chi connectivity index (χ0v) is 19.9. The molecule has 0 atom stereocenters. The fraction of sp³-hybridized carbons (Fsp3) is 0.296. The summed E-state index contributed by atoms with van der Waals surface area (Å²) in [6, 6.07) is 22.5. The normalized spacial score (nSPS) is 14.8. The summed E-state index contributed by atoms with van der Waals surface area (Å²) in [7, 11) is -3.70. The molecule has 0 aromatic heterocycles. The minimum absolute atomic E-state index is 0.00269. The second kappa shape index (κ2) is 9.79. The predicted molar refractivity (Wildman–Crippen MR) is 132 cm³/mol. The van der Waals surface area contributed by atoms with Gasteiger partial charge in [0.2, 0.25) is 0 Å². The molecular weight excluding hydrogens is 432 g/mol. The average Bonchev–Trinajstić information content (AvgIpc) is 2.81. The number of piperidine rings is 1. The predicted octanol–water partition coefficient (Wildman–Crippen LogP) is 5.20. The summed E-state index contributed by atoms with van der Waals surface area (Å²) in [5.41, 5.74) is 3.94. The maximum Gasteiger partial charge on any atom is 0.262 e. The lowest BCUT2D eigenvalue weighted by molar-refractivity contribution is 0.0690. The van der Waals surface area contributed by atoms with E-state index in [1.807, 2.05) is 24.0 Å². The molecule has 0 unspecified atom stereocenters. The Bertz CT molecular complexity index is 1210. The van der Waals surface area contributed by atoms with Crippen molar-refractivity contribution in [1.82, 2.24) is 4.90 Å². The molecule has 0 radical (unpaired) electrons. The van der Waals surface area contributed by atoms with Gasteiger partial charge in [-0.15, -0.1) is 0 Å². The molecule has 4 rings (SSSR count). The van der Waals surface area contributed by atoms with Crippen molar-refractivity contribution in [1.29, 1.82) is 0 Å². The van der Waals surface area contributed by atoms with E-state index in [4.69, 9.17) is 0 Å². The summed E-state index contributed by atoms with van der Waals surface area (Å²) in [4.78, 5) is 15.1. The largest absolute Gasteiger partial charge is 0.339 e. The van der Waals surface area contributed by atoms with E-state index in [0.29, 0.717) is 22.7 Å². The highest BCUT2D eigenvalue weighted by Crippen LogP contribution is 2.24. The van der Waals surface area contributed by atoms with Crippen LogP contribution in [0.3, 0.4) is 0 Å². The molecule has 1 amide bonds. The number of sulfonamides is 1. The molecule has 1 fully saturated rings. The third-order valence-corrected chi connectivity index (χ3v) is 7.81. The molecular formula is C27H30N2O3S. The number of aryl methyl sites for hydroxylation is 2. The van der Waals surface area contributed by atoms with Gasteiger partial charge in [0, 0.05) is 24.3 Å². The van der Waals surface area contributed by atoms with Gasteiger partial charge >= 0.3 is 0 Å². The molecule has 3 aromatic carbocycles. The van der Waals surface area contributed by atoms with Crippen molar-refractivity contribution in [2.24, 2.45) is 5.92 Å². The van der Waals surface area contributed by atoms with Crippen molar-refractivity contribution in [3.05, 3.63) is 95.1 Å². The van der Waals surface area contributed by atoms with E-state index in [0.717, 1.165) is 37.9 Å². The summed E-state index contributed by atoms with van der Waals surface area (Å²) in [6.45, 7) is 5.14. The molecule has 1 heterocycles. The van der Waals surface area contributed by atoms with Crippen LogP contribution in [0, 0.1) is 19.8 Å². The molecule has 3 aromatic rings. The lowest BCUT2D eigenvalue weighted by atomic mass is 9.90. The molecule has 1 aliphatic rings. The van der Waals surface area contributed by atoms with E-state index in [1.54, 1.807) is 43.3 Å². The van der Waals surface area contributed by atoms with E-state index < -0.39 is 10.0 Å². The van der Waals surface area contributed by atoms with Gasteiger partial charge in [-0.25, -0.2) is 8.42 Å². The minimum atomic E-state index is -3.70. The smallest absolute Gasteiger partial charge is 0.262 e. The third kappa shape index (κ3) is 5.63. The number of rotatable bonds is 6. The van der Waals surface area contributed by atoms with Crippen molar-refractivity contribution >= 4 is 21.6 Å². The van der Waals surface area contributed by atoms with Gasteiger partial charge < -0.3 is 4.90 Å². The van der Waals surface area contributed by atoms with Crippen LogP contribution in [0.1, 0.15) is 39.9 Å². The van der Waals surface area contributed by atoms with Crippen molar-refractivity contribution < 1.29 is 13.2 Å². The van der Waals surface area contributed by atoms with Crippen molar-refractivity contribution in [3.63, 3.8) is 0 Å². The Balaban J connectivity index is 1.36. The SMILES string of the molecule is Cc1ccc(C)c(S(=O)(=O)Nc2ccc(C(=O)N3CCC(Cc4ccccc4)CC3)cc2)c1. The number of likely N-dealkylation sites (tertiary alicyclic amines) is 1. The van der Waals surface area contributed by atoms with Gasteiger partial charge in [-0.2, -0.15) is 0 Å². The molecule has 0 spiro atoms. The van der Waals surface area contributed by atoms with Crippen LogP contribution >= 0.6 is 0 Å². The first-order valence-corrected chi connectivity index (χ1v) is 12.8. The molecule has 1 N–H and O–H groups in total. The number of carbonyl (C=O) groups is 1. The second-order valence-electron chi connectivity index (χ2n) is 8.88. The van der Waals surface area contributed by atoms with Gasteiger partial charge in [0.15, 0.2) is 0 Å². The van der Waals surface area contributed by atoms with E-state index >= 15 is 0 Å². The topological polar surface area (TPSA) is 66.5 Å². The van der Waals surface area contributed by atoms with E-state index in [-0.39, 0.29) is 10.8 Å².